The molecule has 0 aromatic rings. The van der Waals surface area contributed by atoms with Gasteiger partial charge in [-0.15, -0.1) is 0 Å². The topological polar surface area (TPSA) is 64.3 Å². The summed E-state index contributed by atoms with van der Waals surface area (Å²) in [4.78, 5) is 10.4. The number of nitrogens with one attached hydrogen (secondary N) is 1. The second-order valence-electron chi connectivity index (χ2n) is 4.85. The highest BCUT2D eigenvalue weighted by Gasteiger charge is 2.17. The van der Waals surface area contributed by atoms with Crippen molar-refractivity contribution in [1.82, 2.24) is 5.32 Å². The molecule has 0 aliphatic heterocycles. The summed E-state index contributed by atoms with van der Waals surface area (Å²) >= 11 is 0. The minimum absolute atomic E-state index is 0.0304. The molecule has 0 bridgehead atoms. The number of hydrogen-bond acceptors (Lipinski definition) is 3. The lowest BCUT2D eigenvalue weighted by molar-refractivity contribution is -0.122. The average molecular weight is 228 g/mol. The first kappa shape index (κ1) is 13.5. The second-order valence-corrected chi connectivity index (χ2v) is 4.85. The van der Waals surface area contributed by atoms with Crippen LogP contribution in [0.2, 0.25) is 0 Å². The van der Waals surface area contributed by atoms with E-state index in [0.29, 0.717) is 6.61 Å². The van der Waals surface area contributed by atoms with Gasteiger partial charge in [0.15, 0.2) is 0 Å². The van der Waals surface area contributed by atoms with Crippen molar-refractivity contribution in [3.63, 3.8) is 0 Å². The van der Waals surface area contributed by atoms with Crippen molar-refractivity contribution in [2.24, 2.45) is 17.6 Å². The quantitative estimate of drug-likeness (QED) is 0.636. The number of rotatable bonds is 7. The van der Waals surface area contributed by atoms with E-state index in [1.165, 1.54) is 25.7 Å². The van der Waals surface area contributed by atoms with Crippen LogP contribution in [0.25, 0.3) is 0 Å². The molecular weight excluding hydrogens is 204 g/mol. The standard InChI is InChI=1S/C12H24N2O2/c1-10-2-4-11(5-3-10)8-14-6-7-16-9-12(13)15/h10-11,14H,2-9H2,1H3,(H2,13,15). The Morgan fingerprint density at radius 1 is 1.38 bits per heavy atom. The van der Waals surface area contributed by atoms with E-state index < -0.39 is 5.91 Å². The van der Waals surface area contributed by atoms with E-state index in [1.54, 1.807) is 0 Å². The van der Waals surface area contributed by atoms with Crippen LogP contribution in [-0.2, 0) is 9.53 Å². The van der Waals surface area contributed by atoms with Gasteiger partial charge in [0.1, 0.15) is 6.61 Å². The van der Waals surface area contributed by atoms with Gasteiger partial charge in [-0.05, 0) is 31.2 Å². The molecule has 0 unspecified atom stereocenters. The van der Waals surface area contributed by atoms with Gasteiger partial charge in [-0.3, -0.25) is 4.79 Å². The van der Waals surface area contributed by atoms with E-state index in [0.717, 1.165) is 24.9 Å². The van der Waals surface area contributed by atoms with Crippen LogP contribution in [0.1, 0.15) is 32.6 Å². The van der Waals surface area contributed by atoms with Crippen molar-refractivity contribution in [3.8, 4) is 0 Å². The molecule has 0 saturated heterocycles. The van der Waals surface area contributed by atoms with Gasteiger partial charge in [-0.2, -0.15) is 0 Å². The second kappa shape index (κ2) is 7.63. The van der Waals surface area contributed by atoms with Crippen LogP contribution < -0.4 is 11.1 Å². The van der Waals surface area contributed by atoms with Crippen molar-refractivity contribution in [1.29, 1.82) is 0 Å². The third-order valence-electron chi connectivity index (χ3n) is 3.24. The molecule has 1 aliphatic carbocycles. The van der Waals surface area contributed by atoms with Gasteiger partial charge in [0.05, 0.1) is 6.61 Å². The Hall–Kier alpha value is -0.610. The molecule has 4 heteroatoms. The lowest BCUT2D eigenvalue weighted by Crippen LogP contribution is -2.29. The summed E-state index contributed by atoms with van der Waals surface area (Å²) in [6.45, 7) is 4.81. The molecule has 0 aromatic carbocycles. The van der Waals surface area contributed by atoms with Crippen molar-refractivity contribution < 1.29 is 9.53 Å². The van der Waals surface area contributed by atoms with E-state index in [-0.39, 0.29) is 6.61 Å². The van der Waals surface area contributed by atoms with Crippen LogP contribution in [0.5, 0.6) is 0 Å². The van der Waals surface area contributed by atoms with Gasteiger partial charge < -0.3 is 15.8 Å². The van der Waals surface area contributed by atoms with Crippen molar-refractivity contribution in [3.05, 3.63) is 0 Å². The number of amides is 1. The molecule has 1 fully saturated rings. The SMILES string of the molecule is CC1CCC(CNCCOCC(N)=O)CC1. The van der Waals surface area contributed by atoms with Gasteiger partial charge in [0.2, 0.25) is 5.91 Å². The molecule has 0 radical (unpaired) electrons. The number of ether oxygens (including phenoxy) is 1. The third kappa shape index (κ3) is 6.08. The minimum Gasteiger partial charge on any atom is -0.370 e. The Kier molecular flexibility index (Phi) is 6.42. The van der Waals surface area contributed by atoms with Crippen LogP contribution in [0.15, 0.2) is 0 Å². The highest BCUT2D eigenvalue weighted by atomic mass is 16.5. The fraction of sp³-hybridized carbons (Fsp3) is 0.917. The van der Waals surface area contributed by atoms with E-state index in [2.05, 4.69) is 12.2 Å². The summed E-state index contributed by atoms with van der Waals surface area (Å²) in [5.74, 6) is 1.34. The normalized spacial score (nSPS) is 25.6. The van der Waals surface area contributed by atoms with Gasteiger partial charge in [0.25, 0.3) is 0 Å². The van der Waals surface area contributed by atoms with Gasteiger partial charge in [0, 0.05) is 6.54 Å². The molecule has 3 N–H and O–H groups in total. The molecule has 1 saturated carbocycles. The van der Waals surface area contributed by atoms with Crippen LogP contribution in [0, 0.1) is 11.8 Å². The Balaban J connectivity index is 1.89. The summed E-state index contributed by atoms with van der Waals surface area (Å²) in [6, 6.07) is 0. The fourth-order valence-electron chi connectivity index (χ4n) is 2.16. The van der Waals surface area contributed by atoms with E-state index in [9.17, 15) is 4.79 Å². The smallest absolute Gasteiger partial charge is 0.243 e. The Labute approximate surface area is 97.9 Å². The summed E-state index contributed by atoms with van der Waals surface area (Å²) < 4.78 is 5.06. The monoisotopic (exact) mass is 228 g/mol. The highest BCUT2D eigenvalue weighted by Crippen LogP contribution is 2.27. The lowest BCUT2D eigenvalue weighted by Gasteiger charge is -2.26. The first-order valence-electron chi connectivity index (χ1n) is 6.25. The van der Waals surface area contributed by atoms with Crippen LogP contribution in [-0.4, -0.2) is 32.2 Å². The van der Waals surface area contributed by atoms with Crippen LogP contribution in [0.4, 0.5) is 0 Å². The number of nitrogens with two attached hydrogens (primary N) is 1. The average Bonchev–Trinajstić information content (AvgIpc) is 2.25. The predicted octanol–water partition coefficient (Wildman–Crippen LogP) is 0.904. The maximum atomic E-state index is 10.4. The van der Waals surface area contributed by atoms with E-state index in [4.69, 9.17) is 10.5 Å². The van der Waals surface area contributed by atoms with Gasteiger partial charge >= 0.3 is 0 Å². The van der Waals surface area contributed by atoms with Gasteiger partial charge in [-0.25, -0.2) is 0 Å². The molecule has 4 nitrogen and oxygen atoms in total. The molecule has 1 amide bonds. The molecule has 94 valence electrons. The zero-order valence-corrected chi connectivity index (χ0v) is 10.2. The number of primary amides is 1. The molecule has 0 heterocycles. The van der Waals surface area contributed by atoms with Crippen molar-refractivity contribution in [2.45, 2.75) is 32.6 Å². The zero-order valence-electron chi connectivity index (χ0n) is 10.2. The third-order valence-corrected chi connectivity index (χ3v) is 3.24. The predicted molar refractivity (Wildman–Crippen MR) is 64.0 cm³/mol. The number of carbonyl (C=O) groups is 1. The molecule has 0 atom stereocenters. The number of hydrogen-bond donors (Lipinski definition) is 2. The molecule has 0 aromatic heterocycles. The maximum Gasteiger partial charge on any atom is 0.243 e. The summed E-state index contributed by atoms with van der Waals surface area (Å²) in [5.41, 5.74) is 4.95. The lowest BCUT2D eigenvalue weighted by atomic mass is 9.83. The summed E-state index contributed by atoms with van der Waals surface area (Å²) in [5, 5.41) is 3.37. The Morgan fingerprint density at radius 2 is 2.06 bits per heavy atom. The summed E-state index contributed by atoms with van der Waals surface area (Å²) in [6.07, 6.45) is 5.42. The molecule has 1 aliphatic rings. The van der Waals surface area contributed by atoms with Crippen molar-refractivity contribution in [2.75, 3.05) is 26.3 Å². The molecular formula is C12H24N2O2. The van der Waals surface area contributed by atoms with Crippen molar-refractivity contribution >= 4 is 5.91 Å². The first-order chi connectivity index (χ1) is 7.68. The molecule has 16 heavy (non-hydrogen) atoms. The largest absolute Gasteiger partial charge is 0.370 e. The maximum absolute atomic E-state index is 10.4. The summed E-state index contributed by atoms with van der Waals surface area (Å²) in [7, 11) is 0. The number of carbonyl (C=O) groups excluding carboxylic acids is 1. The molecule has 0 spiro atoms. The highest BCUT2D eigenvalue weighted by molar-refractivity contribution is 5.74. The zero-order chi connectivity index (χ0) is 11.8. The fourth-order valence-corrected chi connectivity index (χ4v) is 2.16. The van der Waals surface area contributed by atoms with Crippen LogP contribution >= 0.6 is 0 Å². The van der Waals surface area contributed by atoms with Crippen LogP contribution in [0.3, 0.4) is 0 Å². The minimum atomic E-state index is -0.402. The van der Waals surface area contributed by atoms with Gasteiger partial charge in [-0.1, -0.05) is 19.8 Å². The Bertz CT molecular complexity index is 201. The molecule has 1 rings (SSSR count). The van der Waals surface area contributed by atoms with E-state index >= 15 is 0 Å². The Morgan fingerprint density at radius 3 is 2.69 bits per heavy atom. The van der Waals surface area contributed by atoms with E-state index in [1.807, 2.05) is 0 Å². The first-order valence-corrected chi connectivity index (χ1v) is 6.25.